The van der Waals surface area contributed by atoms with E-state index in [1.165, 1.54) is 17.3 Å². The van der Waals surface area contributed by atoms with Crippen LogP contribution in [0.3, 0.4) is 0 Å². The molecule has 0 radical (unpaired) electrons. The van der Waals surface area contributed by atoms with Gasteiger partial charge in [-0.2, -0.15) is 5.26 Å². The van der Waals surface area contributed by atoms with Crippen molar-refractivity contribution in [1.82, 2.24) is 5.32 Å². The number of nitrogens with one attached hydrogen (secondary N) is 2. The van der Waals surface area contributed by atoms with Crippen LogP contribution in [0.5, 0.6) is 0 Å². The van der Waals surface area contributed by atoms with Crippen molar-refractivity contribution in [1.29, 1.82) is 5.26 Å². The summed E-state index contributed by atoms with van der Waals surface area (Å²) in [5.41, 5.74) is 3.44. The molecule has 1 amide bonds. The van der Waals surface area contributed by atoms with Gasteiger partial charge in [0.05, 0.1) is 0 Å². The molecule has 0 spiro atoms. The highest BCUT2D eigenvalue weighted by Crippen LogP contribution is 2.22. The van der Waals surface area contributed by atoms with E-state index in [4.69, 9.17) is 0 Å². The summed E-state index contributed by atoms with van der Waals surface area (Å²) in [6.07, 6.45) is 4.12. The van der Waals surface area contributed by atoms with Crippen LogP contribution in [0, 0.1) is 11.3 Å². The van der Waals surface area contributed by atoms with Crippen molar-refractivity contribution in [3.05, 3.63) is 41.1 Å². The third kappa shape index (κ3) is 4.63. The van der Waals surface area contributed by atoms with Gasteiger partial charge in [0, 0.05) is 17.9 Å². The molecule has 0 heterocycles. The number of benzene rings is 1. The highest BCUT2D eigenvalue weighted by molar-refractivity contribution is 5.97. The summed E-state index contributed by atoms with van der Waals surface area (Å²) in [5.74, 6) is -0.337. The predicted octanol–water partition coefficient (Wildman–Crippen LogP) is 3.55. The van der Waals surface area contributed by atoms with E-state index in [-0.39, 0.29) is 17.5 Å². The number of hydrogen-bond acceptors (Lipinski definition) is 3. The first-order valence-electron chi connectivity index (χ1n) is 7.85. The second-order valence-corrected chi connectivity index (χ2v) is 5.26. The van der Waals surface area contributed by atoms with Crippen LogP contribution in [0.25, 0.3) is 0 Å². The van der Waals surface area contributed by atoms with Crippen molar-refractivity contribution in [3.8, 4) is 6.07 Å². The van der Waals surface area contributed by atoms with Crippen molar-refractivity contribution >= 4 is 11.6 Å². The molecule has 0 bridgehead atoms. The number of para-hydroxylation sites is 1. The number of carbonyl (C=O) groups excluding carboxylic acids is 1. The molecular weight excluding hydrogens is 274 g/mol. The third-order valence-corrected chi connectivity index (χ3v) is 3.71. The molecule has 0 aromatic heterocycles. The molecule has 1 atom stereocenters. The quantitative estimate of drug-likeness (QED) is 0.598. The Morgan fingerprint density at radius 3 is 2.32 bits per heavy atom. The molecule has 0 fully saturated rings. The van der Waals surface area contributed by atoms with Gasteiger partial charge in [-0.05, 0) is 37.3 Å². The molecule has 1 aromatic carbocycles. The molecule has 4 nitrogen and oxygen atoms in total. The van der Waals surface area contributed by atoms with Gasteiger partial charge in [-0.25, -0.2) is 0 Å². The highest BCUT2D eigenvalue weighted by Gasteiger charge is 2.12. The van der Waals surface area contributed by atoms with Crippen LogP contribution in [0.4, 0.5) is 5.69 Å². The Hall–Kier alpha value is -2.28. The first kappa shape index (κ1) is 17.8. The van der Waals surface area contributed by atoms with Crippen LogP contribution < -0.4 is 10.6 Å². The third-order valence-electron chi connectivity index (χ3n) is 3.71. The van der Waals surface area contributed by atoms with Crippen molar-refractivity contribution < 1.29 is 4.79 Å². The predicted molar refractivity (Wildman–Crippen MR) is 90.4 cm³/mol. The van der Waals surface area contributed by atoms with Gasteiger partial charge in [-0.15, -0.1) is 0 Å². The molecule has 4 heteroatoms. The topological polar surface area (TPSA) is 64.9 Å². The summed E-state index contributed by atoms with van der Waals surface area (Å²) in [6, 6.07) is 8.16. The van der Waals surface area contributed by atoms with E-state index in [0.29, 0.717) is 0 Å². The number of carbonyl (C=O) groups is 1. The number of hydrogen-bond donors (Lipinski definition) is 2. The van der Waals surface area contributed by atoms with Crippen LogP contribution in [-0.4, -0.2) is 11.9 Å². The highest BCUT2D eigenvalue weighted by atomic mass is 16.1. The maximum atomic E-state index is 12.0. The first-order chi connectivity index (χ1) is 10.6. The number of amides is 1. The summed E-state index contributed by atoms with van der Waals surface area (Å²) >= 11 is 0. The smallest absolute Gasteiger partial charge is 0.263 e. The second kappa shape index (κ2) is 8.89. The Kier molecular flexibility index (Phi) is 7.18. The molecule has 22 heavy (non-hydrogen) atoms. The lowest BCUT2D eigenvalue weighted by molar-refractivity contribution is -0.117. The summed E-state index contributed by atoms with van der Waals surface area (Å²) in [5, 5.41) is 15.2. The van der Waals surface area contributed by atoms with Crippen LogP contribution in [0.1, 0.15) is 45.2 Å². The Morgan fingerprint density at radius 1 is 1.27 bits per heavy atom. The molecule has 1 aromatic rings. The fourth-order valence-electron chi connectivity index (χ4n) is 2.12. The largest absolute Gasteiger partial charge is 0.360 e. The molecule has 1 rings (SSSR count). The summed E-state index contributed by atoms with van der Waals surface area (Å²) < 4.78 is 0. The first-order valence-corrected chi connectivity index (χ1v) is 7.85. The Morgan fingerprint density at radius 2 is 1.86 bits per heavy atom. The van der Waals surface area contributed by atoms with Crippen LogP contribution in [-0.2, 0) is 17.6 Å². The second-order valence-electron chi connectivity index (χ2n) is 5.26. The molecule has 118 valence electrons. The summed E-state index contributed by atoms with van der Waals surface area (Å²) in [7, 11) is 0. The van der Waals surface area contributed by atoms with E-state index >= 15 is 0 Å². The maximum absolute atomic E-state index is 12.0. The normalized spacial score (nSPS) is 12.4. The van der Waals surface area contributed by atoms with E-state index in [0.717, 1.165) is 24.9 Å². The average molecular weight is 299 g/mol. The summed E-state index contributed by atoms with van der Waals surface area (Å²) in [4.78, 5) is 12.0. The fourth-order valence-corrected chi connectivity index (χ4v) is 2.12. The van der Waals surface area contributed by atoms with Crippen molar-refractivity contribution in [3.63, 3.8) is 0 Å². The molecule has 0 aliphatic heterocycles. The van der Waals surface area contributed by atoms with E-state index in [2.05, 4.69) is 36.6 Å². The molecule has 0 aliphatic rings. The lowest BCUT2D eigenvalue weighted by Gasteiger charge is -2.14. The number of anilines is 1. The minimum atomic E-state index is -0.337. The zero-order valence-corrected chi connectivity index (χ0v) is 13.9. The van der Waals surface area contributed by atoms with Gasteiger partial charge in [-0.3, -0.25) is 4.79 Å². The molecule has 0 saturated carbocycles. The van der Waals surface area contributed by atoms with Crippen LogP contribution in [0.15, 0.2) is 30.0 Å². The lowest BCUT2D eigenvalue weighted by atomic mass is 10.0. The van der Waals surface area contributed by atoms with Crippen molar-refractivity contribution in [2.24, 2.45) is 0 Å². The van der Waals surface area contributed by atoms with Crippen LogP contribution in [0.2, 0.25) is 0 Å². The number of nitrogens with zero attached hydrogens (tertiary/aromatic N) is 1. The van der Waals surface area contributed by atoms with Gasteiger partial charge in [0.25, 0.3) is 5.91 Å². The summed E-state index contributed by atoms with van der Waals surface area (Å²) in [6.45, 7) is 8.08. The van der Waals surface area contributed by atoms with Gasteiger partial charge in [-0.1, -0.05) is 39.0 Å². The van der Waals surface area contributed by atoms with Gasteiger partial charge in [0.15, 0.2) is 0 Å². The Balaban J connectivity index is 2.98. The van der Waals surface area contributed by atoms with Crippen molar-refractivity contribution in [2.45, 2.75) is 53.0 Å². The SMILES string of the molecule is CCc1cccc(CC)c1N/C=C(/C#N)C(=O)NC(C)CC. The van der Waals surface area contributed by atoms with Gasteiger partial charge < -0.3 is 10.6 Å². The Bertz CT molecular complexity index is 562. The fraction of sp³-hybridized carbons (Fsp3) is 0.444. The van der Waals surface area contributed by atoms with E-state index in [9.17, 15) is 10.1 Å². The van der Waals surface area contributed by atoms with Crippen molar-refractivity contribution in [2.75, 3.05) is 5.32 Å². The van der Waals surface area contributed by atoms with E-state index in [1.807, 2.05) is 26.0 Å². The van der Waals surface area contributed by atoms with E-state index in [1.54, 1.807) is 0 Å². The average Bonchev–Trinajstić information content (AvgIpc) is 2.54. The molecule has 0 saturated heterocycles. The molecule has 0 aliphatic carbocycles. The number of rotatable bonds is 7. The van der Waals surface area contributed by atoms with Gasteiger partial charge in [0.2, 0.25) is 0 Å². The molecule has 2 N–H and O–H groups in total. The Labute approximate surface area is 133 Å². The lowest BCUT2D eigenvalue weighted by Crippen LogP contribution is -2.33. The number of nitriles is 1. The van der Waals surface area contributed by atoms with Gasteiger partial charge >= 0.3 is 0 Å². The molecular formula is C18H25N3O. The monoisotopic (exact) mass is 299 g/mol. The number of aryl methyl sites for hydroxylation is 2. The zero-order chi connectivity index (χ0) is 16.5. The minimum Gasteiger partial charge on any atom is -0.360 e. The van der Waals surface area contributed by atoms with Gasteiger partial charge in [0.1, 0.15) is 11.6 Å². The zero-order valence-electron chi connectivity index (χ0n) is 13.9. The van der Waals surface area contributed by atoms with E-state index < -0.39 is 0 Å². The minimum absolute atomic E-state index is 0.0541. The molecule has 1 unspecified atom stereocenters. The van der Waals surface area contributed by atoms with Crippen LogP contribution >= 0.6 is 0 Å². The maximum Gasteiger partial charge on any atom is 0.263 e. The standard InChI is InChI=1S/C18H25N3O/c1-5-13(4)21-18(22)16(11-19)12-20-17-14(6-2)9-8-10-15(17)7-3/h8-10,12-13,20H,5-7H2,1-4H3,(H,21,22)/b16-12-.